The number of nitrogens with one attached hydrogen (secondary N) is 1. The molecule has 3 fully saturated rings. The summed E-state index contributed by atoms with van der Waals surface area (Å²) in [7, 11) is 0. The number of carboxylic acids is 2. The number of esters is 1. The standard InChI is InChI=1S/C30H39NO11/c1-28-11-9-17(32)13-16(28)3-4-18-19-10-12-30(41,29(19,2)14-21(33)26(18)28)22(34)15-42-25(38)8-6-23(35)31-20(27(39)40)5-7-24(36)37/h9,11,13,18-21,26,33,41H,3-8,10,12,14-15H2,1-2H3,(H,31,35)(H,36,37)(H,39,40)/t18-,19-,20-,21+,26+,28+,29+,30+/m1/s1. The third-order valence-corrected chi connectivity index (χ3v) is 10.3. The zero-order valence-corrected chi connectivity index (χ0v) is 23.8. The summed E-state index contributed by atoms with van der Waals surface area (Å²) in [5.74, 6) is -5.24. The van der Waals surface area contributed by atoms with Crippen LogP contribution in [0.5, 0.6) is 0 Å². The predicted octanol–water partition coefficient (Wildman–Crippen LogP) is 1.32. The maximum Gasteiger partial charge on any atom is 0.326 e. The van der Waals surface area contributed by atoms with Crippen LogP contribution in [0.3, 0.4) is 0 Å². The van der Waals surface area contributed by atoms with Gasteiger partial charge < -0.3 is 30.5 Å². The number of Topliss-reactive ketones (excluding diaryl/α,β-unsaturated/α-hetero) is 1. The molecule has 42 heavy (non-hydrogen) atoms. The van der Waals surface area contributed by atoms with Crippen molar-refractivity contribution in [3.8, 4) is 0 Å². The Hall–Kier alpha value is -3.38. The van der Waals surface area contributed by atoms with Gasteiger partial charge in [0.05, 0.1) is 12.5 Å². The van der Waals surface area contributed by atoms with Crippen LogP contribution in [0.15, 0.2) is 23.8 Å². The van der Waals surface area contributed by atoms with Gasteiger partial charge in [-0.05, 0) is 62.5 Å². The van der Waals surface area contributed by atoms with Crippen LogP contribution in [0.1, 0.15) is 71.6 Å². The van der Waals surface area contributed by atoms with E-state index >= 15 is 0 Å². The van der Waals surface area contributed by atoms with E-state index in [1.165, 1.54) is 0 Å². The summed E-state index contributed by atoms with van der Waals surface area (Å²) in [6.07, 6.45) is 4.91. The zero-order chi connectivity index (χ0) is 31.0. The quantitative estimate of drug-likeness (QED) is 0.217. The number of ether oxygens (including phenoxy) is 1. The summed E-state index contributed by atoms with van der Waals surface area (Å²) >= 11 is 0. The summed E-state index contributed by atoms with van der Waals surface area (Å²) in [5, 5.41) is 43.2. The summed E-state index contributed by atoms with van der Waals surface area (Å²) in [5.41, 5.74) is -2.26. The Morgan fingerprint density at radius 1 is 1.10 bits per heavy atom. The first-order valence-corrected chi connectivity index (χ1v) is 14.4. The Kier molecular flexibility index (Phi) is 8.80. The lowest BCUT2D eigenvalue weighted by molar-refractivity contribution is -0.181. The van der Waals surface area contributed by atoms with Crippen molar-refractivity contribution in [2.75, 3.05) is 6.61 Å². The second-order valence-electron chi connectivity index (χ2n) is 12.6. The lowest BCUT2D eigenvalue weighted by atomic mass is 9.46. The minimum Gasteiger partial charge on any atom is -0.481 e. The van der Waals surface area contributed by atoms with E-state index in [1.807, 2.05) is 19.9 Å². The first kappa shape index (κ1) is 31.6. The Balaban J connectivity index is 1.35. The number of carbonyl (C=O) groups is 6. The third kappa shape index (κ3) is 5.66. The van der Waals surface area contributed by atoms with Gasteiger partial charge in [-0.3, -0.25) is 24.0 Å². The van der Waals surface area contributed by atoms with Crippen LogP contribution in [0, 0.1) is 28.6 Å². The van der Waals surface area contributed by atoms with E-state index in [0.717, 1.165) is 12.0 Å². The van der Waals surface area contributed by atoms with Gasteiger partial charge in [-0.25, -0.2) is 4.79 Å². The van der Waals surface area contributed by atoms with Crippen molar-refractivity contribution in [2.45, 2.75) is 89.4 Å². The molecule has 0 spiro atoms. The molecular weight excluding hydrogens is 550 g/mol. The minimum absolute atomic E-state index is 0.0202. The molecule has 5 N–H and O–H groups in total. The largest absolute Gasteiger partial charge is 0.481 e. The predicted molar refractivity (Wildman–Crippen MR) is 145 cm³/mol. The maximum absolute atomic E-state index is 13.4. The molecule has 4 rings (SSSR count). The maximum atomic E-state index is 13.4. The first-order chi connectivity index (χ1) is 19.6. The summed E-state index contributed by atoms with van der Waals surface area (Å²) in [6.45, 7) is 3.13. The molecule has 4 aliphatic carbocycles. The molecule has 0 bridgehead atoms. The SMILES string of the molecule is C[C@]12C=CC(=O)C=C1CC[C@H]1[C@H]2[C@@H](O)C[C@@]2(C)[C@@H]1CC[C@]2(O)C(=O)COC(=O)CCC(=O)N[C@H](CCC(=O)O)C(=O)O. The van der Waals surface area contributed by atoms with Gasteiger partial charge in [0.15, 0.2) is 12.4 Å². The van der Waals surface area contributed by atoms with Gasteiger partial charge in [-0.1, -0.05) is 25.5 Å². The number of aliphatic hydroxyl groups excluding tert-OH is 1. The van der Waals surface area contributed by atoms with Gasteiger partial charge in [0, 0.05) is 29.6 Å². The topological polar surface area (TPSA) is 205 Å². The van der Waals surface area contributed by atoms with E-state index in [2.05, 4.69) is 5.32 Å². The molecule has 4 aliphatic rings. The normalized spacial score (nSPS) is 35.6. The molecule has 0 radical (unpaired) electrons. The second-order valence-corrected chi connectivity index (χ2v) is 12.6. The number of aliphatic hydroxyl groups is 2. The van der Waals surface area contributed by atoms with Crippen molar-refractivity contribution in [3.63, 3.8) is 0 Å². The Morgan fingerprint density at radius 2 is 1.81 bits per heavy atom. The molecule has 0 aliphatic heterocycles. The van der Waals surface area contributed by atoms with Crippen molar-refractivity contribution >= 4 is 35.4 Å². The van der Waals surface area contributed by atoms with Crippen LogP contribution in [-0.2, 0) is 33.5 Å². The van der Waals surface area contributed by atoms with Crippen LogP contribution >= 0.6 is 0 Å². The van der Waals surface area contributed by atoms with Crippen LogP contribution in [0.4, 0.5) is 0 Å². The van der Waals surface area contributed by atoms with Crippen LogP contribution in [0.2, 0.25) is 0 Å². The number of amides is 1. The van der Waals surface area contributed by atoms with Crippen molar-refractivity contribution in [2.24, 2.45) is 28.6 Å². The van der Waals surface area contributed by atoms with Gasteiger partial charge in [0.1, 0.15) is 11.6 Å². The van der Waals surface area contributed by atoms with E-state index in [-0.39, 0.29) is 42.8 Å². The summed E-state index contributed by atoms with van der Waals surface area (Å²) in [6, 6.07) is -1.42. The highest BCUT2D eigenvalue weighted by atomic mass is 16.5. The minimum atomic E-state index is -1.82. The molecule has 230 valence electrons. The smallest absolute Gasteiger partial charge is 0.326 e. The van der Waals surface area contributed by atoms with Gasteiger partial charge in [0.2, 0.25) is 11.7 Å². The molecule has 12 nitrogen and oxygen atoms in total. The lowest BCUT2D eigenvalue weighted by Gasteiger charge is -2.59. The zero-order valence-electron chi connectivity index (χ0n) is 23.8. The Bertz CT molecular complexity index is 1240. The van der Waals surface area contributed by atoms with Crippen molar-refractivity contribution < 1.29 is 53.9 Å². The van der Waals surface area contributed by atoms with Gasteiger partial charge >= 0.3 is 17.9 Å². The highest BCUT2D eigenvalue weighted by Crippen LogP contribution is 2.67. The molecule has 3 saturated carbocycles. The molecule has 0 aromatic rings. The Morgan fingerprint density at radius 3 is 2.48 bits per heavy atom. The second kappa shape index (κ2) is 11.7. The van der Waals surface area contributed by atoms with Gasteiger partial charge in [-0.2, -0.15) is 0 Å². The number of hydrogen-bond acceptors (Lipinski definition) is 9. The molecule has 0 aromatic carbocycles. The number of ketones is 2. The fourth-order valence-corrected chi connectivity index (χ4v) is 8.13. The lowest BCUT2D eigenvalue weighted by Crippen LogP contribution is -2.61. The van der Waals surface area contributed by atoms with Crippen molar-refractivity contribution in [3.05, 3.63) is 23.8 Å². The number of allylic oxidation sites excluding steroid dienone is 4. The molecule has 0 heterocycles. The van der Waals surface area contributed by atoms with Crippen LogP contribution in [-0.4, -0.2) is 80.2 Å². The van der Waals surface area contributed by atoms with E-state index in [9.17, 15) is 39.0 Å². The number of carboxylic acid groups (broad SMARTS) is 2. The number of rotatable bonds is 11. The van der Waals surface area contributed by atoms with Crippen molar-refractivity contribution in [1.82, 2.24) is 5.32 Å². The van der Waals surface area contributed by atoms with Crippen molar-refractivity contribution in [1.29, 1.82) is 0 Å². The fraction of sp³-hybridized carbons (Fsp3) is 0.667. The molecule has 1 amide bonds. The van der Waals surface area contributed by atoms with E-state index in [0.29, 0.717) is 12.8 Å². The van der Waals surface area contributed by atoms with E-state index < -0.39 is 84.0 Å². The number of carbonyl (C=O) groups excluding carboxylic acids is 4. The van der Waals surface area contributed by atoms with Gasteiger partial charge in [-0.15, -0.1) is 0 Å². The fourth-order valence-electron chi connectivity index (χ4n) is 8.13. The number of fused-ring (bicyclic) bond motifs is 5. The van der Waals surface area contributed by atoms with Gasteiger partial charge in [0.25, 0.3) is 0 Å². The van der Waals surface area contributed by atoms with E-state index in [1.54, 1.807) is 12.2 Å². The summed E-state index contributed by atoms with van der Waals surface area (Å²) < 4.78 is 5.08. The molecule has 0 unspecified atom stereocenters. The monoisotopic (exact) mass is 589 g/mol. The molecule has 12 heteroatoms. The van der Waals surface area contributed by atoms with Crippen LogP contribution in [0.25, 0.3) is 0 Å². The average molecular weight is 590 g/mol. The molecule has 0 aromatic heterocycles. The van der Waals surface area contributed by atoms with E-state index in [4.69, 9.17) is 14.9 Å². The Labute approximate surface area is 243 Å². The first-order valence-electron chi connectivity index (χ1n) is 14.4. The molecule has 8 atom stereocenters. The highest BCUT2D eigenvalue weighted by Gasteiger charge is 2.68. The average Bonchev–Trinajstić information content (AvgIpc) is 3.19. The number of hydrogen-bond donors (Lipinski definition) is 5. The van der Waals surface area contributed by atoms with Crippen LogP contribution < -0.4 is 5.32 Å². The molecule has 0 saturated heterocycles. The summed E-state index contributed by atoms with van der Waals surface area (Å²) in [4.78, 5) is 71.7. The number of aliphatic carboxylic acids is 2. The highest BCUT2D eigenvalue weighted by molar-refractivity contribution is 6.01. The third-order valence-electron chi connectivity index (χ3n) is 10.3. The molecular formula is C30H39NO11.